The Labute approximate surface area is 126 Å². The van der Waals surface area contributed by atoms with Crippen LogP contribution < -0.4 is 4.74 Å². The molecule has 20 heavy (non-hydrogen) atoms. The van der Waals surface area contributed by atoms with Crippen LogP contribution in [0.4, 0.5) is 0 Å². The minimum atomic E-state index is 0.546. The largest absolute Gasteiger partial charge is 0.489 e. The molecule has 0 aromatic heterocycles. The van der Waals surface area contributed by atoms with Crippen LogP contribution in [0.1, 0.15) is 24.8 Å². The van der Waals surface area contributed by atoms with Crippen LogP contribution in [0.3, 0.4) is 0 Å². The van der Waals surface area contributed by atoms with Crippen molar-refractivity contribution in [2.75, 3.05) is 39.5 Å². The Balaban J connectivity index is 1.57. The molecule has 2 rings (SSSR count). The molecule has 0 saturated carbocycles. The maximum atomic E-state index is 6.10. The molecule has 0 bridgehead atoms. The molecule has 3 nitrogen and oxygen atoms in total. The summed E-state index contributed by atoms with van der Waals surface area (Å²) in [6.07, 6.45) is 4.03. The molecule has 1 aliphatic heterocycles. The van der Waals surface area contributed by atoms with E-state index in [0.717, 1.165) is 24.5 Å². The van der Waals surface area contributed by atoms with Crippen molar-refractivity contribution in [3.05, 3.63) is 28.8 Å². The Hall–Kier alpha value is -0.770. The smallest absolute Gasteiger partial charge is 0.140 e. The Bertz CT molecular complexity index is 385. The Kier molecular flexibility index (Phi) is 6.64. The average Bonchev–Trinajstić information content (AvgIpc) is 2.46. The quantitative estimate of drug-likeness (QED) is 0.719. The van der Waals surface area contributed by atoms with E-state index in [1.807, 2.05) is 25.1 Å². The molecular weight excluding hydrogens is 274 g/mol. The maximum Gasteiger partial charge on any atom is 0.140 e. The van der Waals surface area contributed by atoms with Gasteiger partial charge in [0.25, 0.3) is 0 Å². The minimum Gasteiger partial charge on any atom is -0.489 e. The predicted molar refractivity (Wildman–Crippen MR) is 82.8 cm³/mol. The Morgan fingerprint density at radius 1 is 1.10 bits per heavy atom. The van der Waals surface area contributed by atoms with Crippen LogP contribution in [0.2, 0.25) is 5.02 Å². The van der Waals surface area contributed by atoms with E-state index in [0.29, 0.717) is 18.2 Å². The number of nitrogens with zero attached hydrogens (tertiary/aromatic N) is 1. The molecule has 112 valence electrons. The Morgan fingerprint density at radius 2 is 1.90 bits per heavy atom. The lowest BCUT2D eigenvalue weighted by Crippen LogP contribution is -2.32. The van der Waals surface area contributed by atoms with Crippen molar-refractivity contribution in [2.24, 2.45) is 0 Å². The Morgan fingerprint density at radius 3 is 2.65 bits per heavy atom. The van der Waals surface area contributed by atoms with E-state index in [1.54, 1.807) is 0 Å². The van der Waals surface area contributed by atoms with Crippen molar-refractivity contribution in [1.82, 2.24) is 4.90 Å². The standard InChI is InChI=1S/C16H24ClNO2/c1-14-6-5-7-15(17)16(14)20-13-12-19-11-10-18-8-3-2-4-9-18/h5-7H,2-4,8-13H2,1H3. The summed E-state index contributed by atoms with van der Waals surface area (Å²) in [6, 6.07) is 5.78. The number of likely N-dealkylation sites (tertiary alicyclic amines) is 1. The van der Waals surface area contributed by atoms with Crippen molar-refractivity contribution < 1.29 is 9.47 Å². The van der Waals surface area contributed by atoms with E-state index >= 15 is 0 Å². The van der Waals surface area contributed by atoms with Crippen LogP contribution in [0, 0.1) is 6.92 Å². The number of rotatable bonds is 7. The van der Waals surface area contributed by atoms with Gasteiger partial charge in [0.15, 0.2) is 0 Å². The number of hydrogen-bond acceptors (Lipinski definition) is 3. The summed E-state index contributed by atoms with van der Waals surface area (Å²) in [7, 11) is 0. The lowest BCUT2D eigenvalue weighted by molar-refractivity contribution is 0.0749. The van der Waals surface area contributed by atoms with Gasteiger partial charge in [-0.1, -0.05) is 30.2 Å². The second-order valence-electron chi connectivity index (χ2n) is 5.25. The molecular formula is C16H24ClNO2. The van der Waals surface area contributed by atoms with Gasteiger partial charge in [0.2, 0.25) is 0 Å². The number of piperidine rings is 1. The van der Waals surface area contributed by atoms with Crippen LogP contribution in [-0.2, 0) is 4.74 Å². The molecule has 0 spiro atoms. The van der Waals surface area contributed by atoms with Gasteiger partial charge >= 0.3 is 0 Å². The molecule has 0 N–H and O–H groups in total. The highest BCUT2D eigenvalue weighted by atomic mass is 35.5. The zero-order chi connectivity index (χ0) is 14.2. The highest BCUT2D eigenvalue weighted by Gasteiger charge is 2.09. The van der Waals surface area contributed by atoms with E-state index in [4.69, 9.17) is 21.1 Å². The number of ether oxygens (including phenoxy) is 2. The summed E-state index contributed by atoms with van der Waals surface area (Å²) in [5.41, 5.74) is 1.06. The van der Waals surface area contributed by atoms with Crippen LogP contribution in [0.25, 0.3) is 0 Å². The molecule has 4 heteroatoms. The molecule has 0 aliphatic carbocycles. The van der Waals surface area contributed by atoms with Crippen molar-refractivity contribution in [3.8, 4) is 5.75 Å². The molecule has 1 fully saturated rings. The van der Waals surface area contributed by atoms with Gasteiger partial charge in [-0.25, -0.2) is 0 Å². The SMILES string of the molecule is Cc1cccc(Cl)c1OCCOCCN1CCCCC1. The summed E-state index contributed by atoms with van der Waals surface area (Å²) in [6.45, 7) is 7.41. The number of halogens is 1. The van der Waals surface area contributed by atoms with E-state index in [-0.39, 0.29) is 0 Å². The third-order valence-electron chi connectivity index (χ3n) is 3.64. The first kappa shape index (κ1) is 15.6. The van der Waals surface area contributed by atoms with Gasteiger partial charge in [0.05, 0.1) is 18.2 Å². The van der Waals surface area contributed by atoms with Gasteiger partial charge in [0.1, 0.15) is 12.4 Å². The van der Waals surface area contributed by atoms with Gasteiger partial charge in [-0.3, -0.25) is 0 Å². The van der Waals surface area contributed by atoms with Gasteiger partial charge in [-0.15, -0.1) is 0 Å². The van der Waals surface area contributed by atoms with Crippen molar-refractivity contribution in [2.45, 2.75) is 26.2 Å². The highest BCUT2D eigenvalue weighted by Crippen LogP contribution is 2.27. The molecule has 0 unspecified atom stereocenters. The lowest BCUT2D eigenvalue weighted by atomic mass is 10.1. The third-order valence-corrected chi connectivity index (χ3v) is 3.94. The van der Waals surface area contributed by atoms with E-state index in [2.05, 4.69) is 4.90 Å². The second kappa shape index (κ2) is 8.50. The topological polar surface area (TPSA) is 21.7 Å². The zero-order valence-corrected chi connectivity index (χ0v) is 13.0. The summed E-state index contributed by atoms with van der Waals surface area (Å²) < 4.78 is 11.3. The lowest BCUT2D eigenvalue weighted by Gasteiger charge is -2.26. The number of benzene rings is 1. The second-order valence-corrected chi connectivity index (χ2v) is 5.66. The van der Waals surface area contributed by atoms with Gasteiger partial charge in [-0.2, -0.15) is 0 Å². The fraction of sp³-hybridized carbons (Fsp3) is 0.625. The molecule has 0 amide bonds. The van der Waals surface area contributed by atoms with Crippen LogP contribution >= 0.6 is 11.6 Å². The first-order valence-electron chi connectivity index (χ1n) is 7.45. The first-order valence-corrected chi connectivity index (χ1v) is 7.83. The van der Waals surface area contributed by atoms with Gasteiger partial charge in [0, 0.05) is 6.54 Å². The normalized spacial score (nSPS) is 16.3. The number of aryl methyl sites for hydroxylation is 1. The van der Waals surface area contributed by atoms with E-state index in [9.17, 15) is 0 Å². The summed E-state index contributed by atoms with van der Waals surface area (Å²) in [4.78, 5) is 2.47. The summed E-state index contributed by atoms with van der Waals surface area (Å²) in [5, 5.41) is 0.665. The maximum absolute atomic E-state index is 6.10. The van der Waals surface area contributed by atoms with Crippen molar-refractivity contribution in [1.29, 1.82) is 0 Å². The monoisotopic (exact) mass is 297 g/mol. The molecule has 1 heterocycles. The predicted octanol–water partition coefficient (Wildman–Crippen LogP) is 3.53. The van der Waals surface area contributed by atoms with Crippen molar-refractivity contribution in [3.63, 3.8) is 0 Å². The van der Waals surface area contributed by atoms with E-state index < -0.39 is 0 Å². The molecule has 1 aromatic carbocycles. The number of hydrogen-bond donors (Lipinski definition) is 0. The summed E-state index contributed by atoms with van der Waals surface area (Å²) >= 11 is 6.10. The molecule has 0 atom stereocenters. The average molecular weight is 298 g/mol. The van der Waals surface area contributed by atoms with Gasteiger partial charge in [-0.05, 0) is 44.5 Å². The van der Waals surface area contributed by atoms with E-state index in [1.165, 1.54) is 32.4 Å². The minimum absolute atomic E-state index is 0.546. The third kappa shape index (κ3) is 4.97. The van der Waals surface area contributed by atoms with Crippen LogP contribution in [0.5, 0.6) is 5.75 Å². The first-order chi connectivity index (χ1) is 9.77. The van der Waals surface area contributed by atoms with Gasteiger partial charge < -0.3 is 14.4 Å². The molecule has 1 saturated heterocycles. The van der Waals surface area contributed by atoms with Crippen LogP contribution in [0.15, 0.2) is 18.2 Å². The summed E-state index contributed by atoms with van der Waals surface area (Å²) in [5.74, 6) is 0.772. The fourth-order valence-electron chi connectivity index (χ4n) is 2.48. The highest BCUT2D eigenvalue weighted by molar-refractivity contribution is 6.32. The molecule has 1 aliphatic rings. The fourth-order valence-corrected chi connectivity index (χ4v) is 2.76. The zero-order valence-electron chi connectivity index (χ0n) is 12.2. The molecule has 0 radical (unpaired) electrons. The van der Waals surface area contributed by atoms with Crippen molar-refractivity contribution >= 4 is 11.6 Å². The van der Waals surface area contributed by atoms with Crippen LogP contribution in [-0.4, -0.2) is 44.4 Å². The molecule has 1 aromatic rings. The number of para-hydroxylation sites is 1.